The van der Waals surface area contributed by atoms with Crippen molar-refractivity contribution in [1.82, 2.24) is 20.2 Å². The van der Waals surface area contributed by atoms with Gasteiger partial charge in [-0.2, -0.15) is 5.10 Å². The summed E-state index contributed by atoms with van der Waals surface area (Å²) in [7, 11) is -3.82. The fourth-order valence-corrected chi connectivity index (χ4v) is 5.04. The molecule has 0 aliphatic carbocycles. The zero-order valence-electron chi connectivity index (χ0n) is 16.7. The van der Waals surface area contributed by atoms with Crippen LogP contribution in [0.5, 0.6) is 11.6 Å². The third kappa shape index (κ3) is 4.36. The molecule has 5 aromatic rings. The Hall–Kier alpha value is -3.96. The average Bonchev–Trinajstić information content (AvgIpc) is 3.32. The summed E-state index contributed by atoms with van der Waals surface area (Å²) in [5.41, 5.74) is 1.02. The van der Waals surface area contributed by atoms with Crippen LogP contribution in [0.3, 0.4) is 0 Å². The predicted molar refractivity (Wildman–Crippen MR) is 122 cm³/mol. The highest BCUT2D eigenvalue weighted by Crippen LogP contribution is 2.36. The van der Waals surface area contributed by atoms with Crippen LogP contribution >= 0.6 is 11.3 Å². The number of benzene rings is 2. The van der Waals surface area contributed by atoms with Crippen LogP contribution in [0.4, 0.5) is 9.52 Å². The minimum absolute atomic E-state index is 0.0810. The first-order valence-electron chi connectivity index (χ1n) is 9.56. The molecule has 0 radical (unpaired) electrons. The molecular weight excluding hydrogens is 465 g/mol. The van der Waals surface area contributed by atoms with Gasteiger partial charge in [0.1, 0.15) is 11.6 Å². The number of ether oxygens (including phenoxy) is 1. The summed E-state index contributed by atoms with van der Waals surface area (Å²) in [6.07, 6.45) is 4.57. The van der Waals surface area contributed by atoms with Crippen LogP contribution in [0.2, 0.25) is 0 Å². The Labute approximate surface area is 191 Å². The zero-order chi connectivity index (χ0) is 22.8. The third-order valence-electron chi connectivity index (χ3n) is 4.66. The summed E-state index contributed by atoms with van der Waals surface area (Å²) in [5.74, 6) is -0.0802. The Morgan fingerprint density at radius 2 is 1.88 bits per heavy atom. The highest BCUT2D eigenvalue weighted by Gasteiger charge is 2.18. The van der Waals surface area contributed by atoms with Crippen molar-refractivity contribution < 1.29 is 17.5 Å². The standard InChI is InChI=1S/C22H14FN5O3S2/c23-15-3-5-18(19(13-15)31-20-2-1-8-26-27-20)21-17-6-4-16(12-14(17)7-9-24-21)33(29,30)28-22-25-10-11-32-22/h1-13H,(H,25,28). The topological polar surface area (TPSA) is 107 Å². The number of halogens is 1. The second-order valence-corrected chi connectivity index (χ2v) is 9.37. The van der Waals surface area contributed by atoms with Crippen LogP contribution in [-0.2, 0) is 10.0 Å². The van der Waals surface area contributed by atoms with E-state index in [-0.39, 0.29) is 21.7 Å². The first-order chi connectivity index (χ1) is 16.0. The fraction of sp³-hybridized carbons (Fsp3) is 0. The highest BCUT2D eigenvalue weighted by molar-refractivity contribution is 7.93. The van der Waals surface area contributed by atoms with E-state index in [0.717, 1.165) is 0 Å². The molecular formula is C22H14FN5O3S2. The monoisotopic (exact) mass is 479 g/mol. The minimum atomic E-state index is -3.82. The van der Waals surface area contributed by atoms with E-state index in [4.69, 9.17) is 4.74 Å². The molecule has 0 saturated carbocycles. The van der Waals surface area contributed by atoms with E-state index in [1.807, 2.05) is 0 Å². The van der Waals surface area contributed by atoms with E-state index >= 15 is 0 Å². The quantitative estimate of drug-likeness (QED) is 0.370. The molecule has 0 atom stereocenters. The molecule has 164 valence electrons. The molecule has 0 aliphatic rings. The number of sulfonamides is 1. The van der Waals surface area contributed by atoms with E-state index in [1.165, 1.54) is 41.9 Å². The number of aromatic nitrogens is 4. The number of hydrogen-bond acceptors (Lipinski definition) is 8. The van der Waals surface area contributed by atoms with Crippen molar-refractivity contribution in [3.05, 3.63) is 84.4 Å². The van der Waals surface area contributed by atoms with Gasteiger partial charge in [0, 0.05) is 47.1 Å². The maximum absolute atomic E-state index is 14.0. The first kappa shape index (κ1) is 20.9. The molecule has 33 heavy (non-hydrogen) atoms. The average molecular weight is 480 g/mol. The molecule has 0 unspecified atom stereocenters. The molecule has 8 nitrogen and oxygen atoms in total. The first-order valence-corrected chi connectivity index (χ1v) is 11.9. The van der Waals surface area contributed by atoms with E-state index in [9.17, 15) is 12.8 Å². The van der Waals surface area contributed by atoms with Gasteiger partial charge in [-0.3, -0.25) is 9.71 Å². The van der Waals surface area contributed by atoms with Gasteiger partial charge in [0.15, 0.2) is 5.13 Å². The Balaban J connectivity index is 1.58. The summed E-state index contributed by atoms with van der Waals surface area (Å²) in [6, 6.07) is 13.7. The molecule has 3 heterocycles. The summed E-state index contributed by atoms with van der Waals surface area (Å²) in [5, 5.41) is 10.9. The second-order valence-electron chi connectivity index (χ2n) is 6.79. The maximum atomic E-state index is 14.0. The second kappa shape index (κ2) is 8.52. The number of thiazole rings is 1. The molecule has 11 heteroatoms. The molecule has 1 N–H and O–H groups in total. The van der Waals surface area contributed by atoms with Crippen molar-refractivity contribution in [2.24, 2.45) is 0 Å². The van der Waals surface area contributed by atoms with Gasteiger partial charge in [-0.1, -0.05) is 6.07 Å². The van der Waals surface area contributed by atoms with Gasteiger partial charge in [-0.15, -0.1) is 16.4 Å². The van der Waals surface area contributed by atoms with Gasteiger partial charge in [-0.25, -0.2) is 17.8 Å². The number of fused-ring (bicyclic) bond motifs is 1. The summed E-state index contributed by atoms with van der Waals surface area (Å²) in [6.45, 7) is 0. The molecule has 0 saturated heterocycles. The Morgan fingerprint density at radius 3 is 2.67 bits per heavy atom. The van der Waals surface area contributed by atoms with Crippen LogP contribution in [0.25, 0.3) is 22.0 Å². The van der Waals surface area contributed by atoms with Crippen LogP contribution < -0.4 is 9.46 Å². The Bertz CT molecular complexity index is 1550. The molecule has 0 fully saturated rings. The molecule has 0 spiro atoms. The number of nitrogens with one attached hydrogen (secondary N) is 1. The number of nitrogens with zero attached hydrogens (tertiary/aromatic N) is 4. The van der Waals surface area contributed by atoms with Crippen molar-refractivity contribution in [2.45, 2.75) is 4.90 Å². The lowest BCUT2D eigenvalue weighted by molar-refractivity contribution is 0.452. The highest BCUT2D eigenvalue weighted by atomic mass is 32.2. The van der Waals surface area contributed by atoms with Crippen LogP contribution in [0, 0.1) is 5.82 Å². The largest absolute Gasteiger partial charge is 0.437 e. The minimum Gasteiger partial charge on any atom is -0.437 e. The lowest BCUT2D eigenvalue weighted by atomic mass is 10.0. The van der Waals surface area contributed by atoms with Gasteiger partial charge in [-0.05, 0) is 41.8 Å². The molecule has 2 aromatic carbocycles. The van der Waals surface area contributed by atoms with Crippen molar-refractivity contribution in [3.8, 4) is 22.9 Å². The SMILES string of the molecule is O=S(=O)(Nc1nccs1)c1ccc2c(-c3ccc(F)cc3Oc3cccnn3)nccc2c1. The van der Waals surface area contributed by atoms with Gasteiger partial charge in [0.25, 0.3) is 10.0 Å². The normalized spacial score (nSPS) is 11.4. The molecule has 5 rings (SSSR count). The van der Waals surface area contributed by atoms with Crippen molar-refractivity contribution >= 4 is 37.3 Å². The smallest absolute Gasteiger partial charge is 0.263 e. The molecule has 3 aromatic heterocycles. The predicted octanol–water partition coefficient (Wildman–Crippen LogP) is 4.88. The van der Waals surface area contributed by atoms with Crippen molar-refractivity contribution in [3.63, 3.8) is 0 Å². The number of anilines is 1. The van der Waals surface area contributed by atoms with Crippen molar-refractivity contribution in [2.75, 3.05) is 4.72 Å². The maximum Gasteiger partial charge on any atom is 0.263 e. The lowest BCUT2D eigenvalue weighted by Crippen LogP contribution is -2.12. The zero-order valence-corrected chi connectivity index (χ0v) is 18.3. The van der Waals surface area contributed by atoms with Gasteiger partial charge in [0.05, 0.1) is 10.6 Å². The van der Waals surface area contributed by atoms with E-state index in [2.05, 4.69) is 24.9 Å². The van der Waals surface area contributed by atoms with Gasteiger partial charge in [0.2, 0.25) is 5.88 Å². The van der Waals surface area contributed by atoms with Crippen LogP contribution in [0.15, 0.2) is 83.5 Å². The van der Waals surface area contributed by atoms with E-state index in [0.29, 0.717) is 22.0 Å². The lowest BCUT2D eigenvalue weighted by Gasteiger charge is -2.13. The van der Waals surface area contributed by atoms with E-state index in [1.54, 1.807) is 48.0 Å². The number of hydrogen-bond donors (Lipinski definition) is 1. The van der Waals surface area contributed by atoms with Gasteiger partial charge >= 0.3 is 0 Å². The third-order valence-corrected chi connectivity index (χ3v) is 6.82. The molecule has 0 bridgehead atoms. The van der Waals surface area contributed by atoms with Gasteiger partial charge < -0.3 is 4.74 Å². The van der Waals surface area contributed by atoms with Crippen molar-refractivity contribution in [1.29, 1.82) is 0 Å². The Kier molecular flexibility index (Phi) is 5.40. The van der Waals surface area contributed by atoms with Crippen LogP contribution in [-0.4, -0.2) is 28.6 Å². The fourth-order valence-electron chi connectivity index (χ4n) is 3.22. The number of pyridine rings is 1. The van der Waals surface area contributed by atoms with E-state index < -0.39 is 15.8 Å². The number of rotatable bonds is 6. The Morgan fingerprint density at radius 1 is 0.970 bits per heavy atom. The summed E-state index contributed by atoms with van der Waals surface area (Å²) in [4.78, 5) is 8.49. The molecule has 0 amide bonds. The van der Waals surface area contributed by atoms with Crippen LogP contribution in [0.1, 0.15) is 0 Å². The molecule has 0 aliphatic heterocycles. The summed E-state index contributed by atoms with van der Waals surface area (Å²) >= 11 is 1.19. The summed E-state index contributed by atoms with van der Waals surface area (Å²) < 4.78 is 47.7.